The second-order valence-corrected chi connectivity index (χ2v) is 4.92. The molecule has 0 aromatic heterocycles. The van der Waals surface area contributed by atoms with Gasteiger partial charge in [-0.15, -0.1) is 6.58 Å². The van der Waals surface area contributed by atoms with Gasteiger partial charge in [0.05, 0.1) is 0 Å². The lowest BCUT2D eigenvalue weighted by molar-refractivity contribution is 0.581. The predicted octanol–water partition coefficient (Wildman–Crippen LogP) is 0.833. The average Bonchev–Trinajstić information content (AvgIpc) is 1.87. The van der Waals surface area contributed by atoms with E-state index in [1.807, 2.05) is 0 Å². The van der Waals surface area contributed by atoms with Gasteiger partial charge in [-0.3, -0.25) is 0 Å². The second kappa shape index (κ2) is 4.10. The van der Waals surface area contributed by atoms with Crippen LogP contribution in [0.5, 0.6) is 0 Å². The molecular weight excluding hydrogens is 218 g/mol. The maximum Gasteiger partial charge on any atom is 0.222 e. The predicted molar refractivity (Wildman–Crippen MR) is 45.5 cm³/mol. The van der Waals surface area contributed by atoms with Crippen LogP contribution in [-0.4, -0.2) is 19.1 Å². The van der Waals surface area contributed by atoms with Gasteiger partial charge in [-0.05, 0) is 6.92 Å². The number of halogens is 1. The molecule has 0 aromatic carbocycles. The zero-order valence-electron chi connectivity index (χ0n) is 5.67. The Morgan fingerprint density at radius 2 is 2.30 bits per heavy atom. The first-order valence-corrected chi connectivity index (χ1v) is 5.47. The lowest BCUT2D eigenvalue weighted by Crippen LogP contribution is -2.31. The van der Waals surface area contributed by atoms with Crippen molar-refractivity contribution < 1.29 is 8.42 Å². The fourth-order valence-corrected chi connectivity index (χ4v) is 1.49. The topological polar surface area (TPSA) is 46.2 Å². The van der Waals surface area contributed by atoms with Crippen LogP contribution in [0, 0.1) is 0 Å². The number of hydrogen-bond donors (Lipinski definition) is 1. The van der Waals surface area contributed by atoms with Crippen molar-refractivity contribution in [1.82, 2.24) is 4.72 Å². The molecule has 0 spiro atoms. The molecule has 0 heterocycles. The zero-order chi connectivity index (χ0) is 8.20. The van der Waals surface area contributed by atoms with Gasteiger partial charge in [-0.2, -0.15) is 0 Å². The van der Waals surface area contributed by atoms with Crippen LogP contribution in [0.1, 0.15) is 6.92 Å². The maximum atomic E-state index is 10.8. The van der Waals surface area contributed by atoms with Crippen molar-refractivity contribution in [2.45, 2.75) is 13.0 Å². The molecular formula is C5H10BrNO2S. The molecule has 60 valence electrons. The van der Waals surface area contributed by atoms with E-state index in [4.69, 9.17) is 0 Å². The standard InChI is InChI=1S/C5H10BrNO2S/c1-3-5(2)7-10(8,9)4-6/h3,5,7H,1,4H2,2H3. The van der Waals surface area contributed by atoms with Gasteiger partial charge < -0.3 is 0 Å². The van der Waals surface area contributed by atoms with Gasteiger partial charge in [-0.25, -0.2) is 13.1 Å². The molecule has 0 saturated heterocycles. The van der Waals surface area contributed by atoms with Crippen LogP contribution in [0.15, 0.2) is 12.7 Å². The number of alkyl halides is 1. The molecule has 0 rings (SSSR count). The van der Waals surface area contributed by atoms with Crippen LogP contribution < -0.4 is 4.72 Å². The third-order valence-corrected chi connectivity index (χ3v) is 3.69. The van der Waals surface area contributed by atoms with Crippen molar-refractivity contribution in [2.75, 3.05) is 4.66 Å². The number of rotatable bonds is 4. The average molecular weight is 228 g/mol. The first-order valence-electron chi connectivity index (χ1n) is 2.70. The minimum absolute atomic E-state index is 0.0713. The third-order valence-electron chi connectivity index (χ3n) is 0.863. The van der Waals surface area contributed by atoms with Crippen molar-refractivity contribution in [3.8, 4) is 0 Å². The molecule has 0 saturated carbocycles. The highest BCUT2D eigenvalue weighted by molar-refractivity contribution is 9.10. The van der Waals surface area contributed by atoms with Gasteiger partial charge in [-0.1, -0.05) is 22.0 Å². The van der Waals surface area contributed by atoms with Crippen LogP contribution >= 0.6 is 15.9 Å². The fraction of sp³-hybridized carbons (Fsp3) is 0.600. The summed E-state index contributed by atoms with van der Waals surface area (Å²) in [6.07, 6.45) is 1.53. The van der Waals surface area contributed by atoms with E-state index in [9.17, 15) is 8.42 Å². The van der Waals surface area contributed by atoms with Crippen molar-refractivity contribution in [2.24, 2.45) is 0 Å². The Morgan fingerprint density at radius 3 is 2.60 bits per heavy atom. The molecule has 0 aliphatic heterocycles. The summed E-state index contributed by atoms with van der Waals surface area (Å²) in [4.78, 5) is 0. The first-order chi connectivity index (χ1) is 4.52. The van der Waals surface area contributed by atoms with Crippen molar-refractivity contribution in [3.63, 3.8) is 0 Å². The van der Waals surface area contributed by atoms with E-state index < -0.39 is 10.0 Å². The Kier molecular flexibility index (Phi) is 4.15. The molecule has 5 heteroatoms. The van der Waals surface area contributed by atoms with Crippen LogP contribution in [0.2, 0.25) is 0 Å². The highest BCUT2D eigenvalue weighted by atomic mass is 79.9. The largest absolute Gasteiger partial charge is 0.222 e. The molecule has 0 bridgehead atoms. The van der Waals surface area contributed by atoms with E-state index >= 15 is 0 Å². The van der Waals surface area contributed by atoms with E-state index in [1.165, 1.54) is 6.08 Å². The molecule has 1 unspecified atom stereocenters. The van der Waals surface area contributed by atoms with E-state index in [0.717, 1.165) is 0 Å². The molecule has 0 amide bonds. The highest BCUT2D eigenvalue weighted by Crippen LogP contribution is 1.93. The van der Waals surface area contributed by atoms with E-state index in [1.54, 1.807) is 6.92 Å². The van der Waals surface area contributed by atoms with Crippen molar-refractivity contribution in [1.29, 1.82) is 0 Å². The van der Waals surface area contributed by atoms with Crippen LogP contribution in [0.25, 0.3) is 0 Å². The van der Waals surface area contributed by atoms with Gasteiger partial charge >= 0.3 is 0 Å². The summed E-state index contributed by atoms with van der Waals surface area (Å²) in [5.74, 6) is 0. The second-order valence-electron chi connectivity index (χ2n) is 1.87. The Morgan fingerprint density at radius 1 is 1.80 bits per heavy atom. The molecule has 0 radical (unpaired) electrons. The summed E-state index contributed by atoms with van der Waals surface area (Å²) in [5.41, 5.74) is 0. The summed E-state index contributed by atoms with van der Waals surface area (Å²) in [6, 6.07) is -0.206. The molecule has 0 aliphatic rings. The van der Waals surface area contributed by atoms with Crippen LogP contribution in [0.3, 0.4) is 0 Å². The summed E-state index contributed by atoms with van der Waals surface area (Å²) >= 11 is 2.84. The quantitative estimate of drug-likeness (QED) is 0.572. The molecule has 0 fully saturated rings. The molecule has 10 heavy (non-hydrogen) atoms. The monoisotopic (exact) mass is 227 g/mol. The summed E-state index contributed by atoms with van der Waals surface area (Å²) in [5, 5.41) is 0. The maximum absolute atomic E-state index is 10.8. The highest BCUT2D eigenvalue weighted by Gasteiger charge is 2.08. The summed E-state index contributed by atoms with van der Waals surface area (Å²) in [6.45, 7) is 5.15. The van der Waals surface area contributed by atoms with Gasteiger partial charge in [0.1, 0.15) is 4.66 Å². The first kappa shape index (κ1) is 10.1. The molecule has 1 N–H and O–H groups in total. The normalized spacial score (nSPS) is 14.6. The van der Waals surface area contributed by atoms with E-state index in [2.05, 4.69) is 27.2 Å². The molecule has 0 aliphatic carbocycles. The Bertz CT molecular complexity index is 200. The lowest BCUT2D eigenvalue weighted by atomic mass is 10.4. The molecule has 3 nitrogen and oxygen atoms in total. The Labute approximate surface area is 69.7 Å². The van der Waals surface area contributed by atoms with Crippen molar-refractivity contribution >= 4 is 26.0 Å². The Balaban J connectivity index is 4.02. The van der Waals surface area contributed by atoms with Gasteiger partial charge in [0, 0.05) is 6.04 Å². The fourth-order valence-electron chi connectivity index (χ4n) is 0.363. The van der Waals surface area contributed by atoms with Crippen LogP contribution in [0.4, 0.5) is 0 Å². The van der Waals surface area contributed by atoms with Crippen molar-refractivity contribution in [3.05, 3.63) is 12.7 Å². The Hall–Kier alpha value is 0.130. The lowest BCUT2D eigenvalue weighted by Gasteiger charge is -2.06. The third kappa shape index (κ3) is 4.03. The van der Waals surface area contributed by atoms with E-state index in [0.29, 0.717) is 0 Å². The zero-order valence-corrected chi connectivity index (χ0v) is 8.07. The van der Waals surface area contributed by atoms with Gasteiger partial charge in [0.2, 0.25) is 10.0 Å². The van der Waals surface area contributed by atoms with E-state index in [-0.39, 0.29) is 10.7 Å². The van der Waals surface area contributed by atoms with Gasteiger partial charge in [0.15, 0.2) is 0 Å². The summed E-state index contributed by atoms with van der Waals surface area (Å²) < 4.78 is 23.8. The number of sulfonamides is 1. The number of hydrogen-bond acceptors (Lipinski definition) is 2. The minimum atomic E-state index is -3.14. The molecule has 0 aromatic rings. The molecule has 1 atom stereocenters. The number of nitrogens with one attached hydrogen (secondary N) is 1. The van der Waals surface area contributed by atoms with Gasteiger partial charge in [0.25, 0.3) is 0 Å². The van der Waals surface area contributed by atoms with Crippen LogP contribution in [-0.2, 0) is 10.0 Å². The summed E-state index contributed by atoms with van der Waals surface area (Å²) in [7, 11) is -3.14. The SMILES string of the molecule is C=CC(C)NS(=O)(=O)CBr. The smallest absolute Gasteiger partial charge is 0.212 e. The minimum Gasteiger partial charge on any atom is -0.212 e.